The van der Waals surface area contributed by atoms with Crippen LogP contribution in [0.5, 0.6) is 0 Å². The van der Waals surface area contributed by atoms with E-state index in [1.165, 1.54) is 83.5 Å². The van der Waals surface area contributed by atoms with Crippen molar-refractivity contribution in [1.29, 1.82) is 0 Å². The highest BCUT2D eigenvalue weighted by atomic mass is 14.4. The topological polar surface area (TPSA) is 0 Å². The van der Waals surface area contributed by atoms with Crippen LogP contribution in [0, 0.1) is 11.8 Å². The Labute approximate surface area is 137 Å². The van der Waals surface area contributed by atoms with Gasteiger partial charge in [0.05, 0.1) is 0 Å². The molecular weight excluding hydrogens is 264 g/mol. The zero-order chi connectivity index (χ0) is 15.0. The van der Waals surface area contributed by atoms with Crippen molar-refractivity contribution in [3.63, 3.8) is 0 Å². The summed E-state index contributed by atoms with van der Waals surface area (Å²) in [6.07, 6.45) is 19.2. The lowest BCUT2D eigenvalue weighted by molar-refractivity contribution is 0.194. The minimum Gasteiger partial charge on any atom is -0.0622 e. The van der Waals surface area contributed by atoms with Crippen molar-refractivity contribution in [2.45, 2.75) is 89.4 Å². The molecule has 0 radical (unpaired) electrons. The minimum atomic E-state index is 0.839. The van der Waals surface area contributed by atoms with Crippen LogP contribution in [-0.4, -0.2) is 0 Å². The van der Waals surface area contributed by atoms with Gasteiger partial charge >= 0.3 is 0 Å². The van der Waals surface area contributed by atoms with Crippen LogP contribution in [0.25, 0.3) is 0 Å². The van der Waals surface area contributed by atoms with Gasteiger partial charge in [0.25, 0.3) is 0 Å². The Balaban J connectivity index is 1.78. The van der Waals surface area contributed by atoms with Gasteiger partial charge in [0.15, 0.2) is 0 Å². The molecule has 0 N–H and O–H groups in total. The zero-order valence-electron chi connectivity index (χ0n) is 14.3. The molecule has 0 aliphatic heterocycles. The van der Waals surface area contributed by atoms with Crippen LogP contribution >= 0.6 is 0 Å². The van der Waals surface area contributed by atoms with Gasteiger partial charge in [0, 0.05) is 0 Å². The summed E-state index contributed by atoms with van der Waals surface area (Å²) >= 11 is 0. The summed E-state index contributed by atoms with van der Waals surface area (Å²) in [4.78, 5) is 0. The van der Waals surface area contributed by atoms with Gasteiger partial charge in [0.2, 0.25) is 0 Å². The molecule has 2 saturated carbocycles. The van der Waals surface area contributed by atoms with Crippen LogP contribution < -0.4 is 0 Å². The van der Waals surface area contributed by atoms with E-state index >= 15 is 0 Å². The van der Waals surface area contributed by atoms with Gasteiger partial charge in [-0.05, 0) is 36.2 Å². The molecule has 0 amide bonds. The van der Waals surface area contributed by atoms with Crippen molar-refractivity contribution in [2.75, 3.05) is 0 Å². The van der Waals surface area contributed by atoms with Crippen molar-refractivity contribution < 1.29 is 0 Å². The van der Waals surface area contributed by atoms with E-state index in [1.54, 1.807) is 5.56 Å². The van der Waals surface area contributed by atoms with E-state index in [0.717, 1.165) is 17.8 Å². The molecule has 1 aromatic rings. The molecule has 2 atom stereocenters. The molecule has 3 rings (SSSR count). The van der Waals surface area contributed by atoms with Crippen molar-refractivity contribution in [3.8, 4) is 0 Å². The van der Waals surface area contributed by atoms with E-state index in [-0.39, 0.29) is 0 Å². The van der Waals surface area contributed by atoms with Gasteiger partial charge in [-0.15, -0.1) is 0 Å². The third kappa shape index (κ3) is 4.37. The SMILES string of the molecule is c1ccc(C2CCCCCCC2C2CCCCCCC2)cc1. The number of benzene rings is 1. The smallest absolute Gasteiger partial charge is 0.0131 e. The second-order valence-corrected chi connectivity index (χ2v) is 7.78. The van der Waals surface area contributed by atoms with Crippen LogP contribution in [0.3, 0.4) is 0 Å². The lowest BCUT2D eigenvalue weighted by Gasteiger charge is -2.37. The third-order valence-corrected chi connectivity index (χ3v) is 6.30. The van der Waals surface area contributed by atoms with Gasteiger partial charge in [-0.3, -0.25) is 0 Å². The second-order valence-electron chi connectivity index (χ2n) is 7.78. The fourth-order valence-electron chi connectivity index (χ4n) is 5.11. The zero-order valence-corrected chi connectivity index (χ0v) is 14.3. The summed E-state index contributed by atoms with van der Waals surface area (Å²) < 4.78 is 0. The average molecular weight is 299 g/mol. The first kappa shape index (κ1) is 16.1. The molecule has 0 heterocycles. The number of hydrogen-bond acceptors (Lipinski definition) is 0. The highest BCUT2D eigenvalue weighted by molar-refractivity contribution is 5.20. The van der Waals surface area contributed by atoms with Crippen molar-refractivity contribution in [3.05, 3.63) is 35.9 Å². The predicted octanol–water partition coefficient (Wildman–Crippen LogP) is 7.10. The Morgan fingerprint density at radius 3 is 1.77 bits per heavy atom. The molecule has 0 aromatic heterocycles. The van der Waals surface area contributed by atoms with Crippen LogP contribution in [0.2, 0.25) is 0 Å². The Bertz CT molecular complexity index is 399. The second kappa shape index (κ2) is 8.75. The van der Waals surface area contributed by atoms with Crippen LogP contribution in [-0.2, 0) is 0 Å². The summed E-state index contributed by atoms with van der Waals surface area (Å²) in [6.45, 7) is 0. The fraction of sp³-hybridized carbons (Fsp3) is 0.727. The Hall–Kier alpha value is -0.780. The van der Waals surface area contributed by atoms with E-state index < -0.39 is 0 Å². The Morgan fingerprint density at radius 2 is 1.09 bits per heavy atom. The summed E-state index contributed by atoms with van der Waals surface area (Å²) in [6, 6.07) is 11.5. The number of hydrogen-bond donors (Lipinski definition) is 0. The van der Waals surface area contributed by atoms with Gasteiger partial charge < -0.3 is 0 Å². The standard InChI is InChI=1S/C22H34/c1-2-7-13-19(14-8-3-1)21-17-11-4-5-12-18-22(21)20-15-9-6-10-16-20/h6,9-10,15-16,19,21-22H,1-5,7-8,11-14,17-18H2. The van der Waals surface area contributed by atoms with E-state index in [1.807, 2.05) is 0 Å². The van der Waals surface area contributed by atoms with Gasteiger partial charge in [-0.25, -0.2) is 0 Å². The van der Waals surface area contributed by atoms with Crippen LogP contribution in [0.1, 0.15) is 95.0 Å². The average Bonchev–Trinajstić information content (AvgIpc) is 2.49. The molecule has 0 heteroatoms. The molecule has 22 heavy (non-hydrogen) atoms. The maximum absolute atomic E-state index is 2.40. The number of rotatable bonds is 2. The first-order chi connectivity index (χ1) is 10.9. The normalized spacial score (nSPS) is 29.1. The molecule has 0 saturated heterocycles. The monoisotopic (exact) mass is 298 g/mol. The summed E-state index contributed by atoms with van der Waals surface area (Å²) in [5.41, 5.74) is 1.64. The van der Waals surface area contributed by atoms with E-state index in [4.69, 9.17) is 0 Å². The Kier molecular flexibility index (Phi) is 6.40. The molecule has 2 aliphatic rings. The molecule has 1 aromatic carbocycles. The molecule has 2 unspecified atom stereocenters. The predicted molar refractivity (Wildman–Crippen MR) is 96.2 cm³/mol. The quantitative estimate of drug-likeness (QED) is 0.546. The maximum Gasteiger partial charge on any atom is -0.0131 e. The van der Waals surface area contributed by atoms with Crippen molar-refractivity contribution >= 4 is 0 Å². The third-order valence-electron chi connectivity index (χ3n) is 6.30. The summed E-state index contributed by atoms with van der Waals surface area (Å²) in [7, 11) is 0. The van der Waals surface area contributed by atoms with E-state index in [9.17, 15) is 0 Å². The largest absolute Gasteiger partial charge is 0.0622 e. The highest BCUT2D eigenvalue weighted by Gasteiger charge is 2.30. The highest BCUT2D eigenvalue weighted by Crippen LogP contribution is 2.43. The molecule has 122 valence electrons. The maximum atomic E-state index is 2.40. The molecule has 2 fully saturated rings. The minimum absolute atomic E-state index is 0.839. The first-order valence-electron chi connectivity index (χ1n) is 10.00. The molecule has 0 bridgehead atoms. The van der Waals surface area contributed by atoms with Gasteiger partial charge in [-0.1, -0.05) is 101 Å². The fourth-order valence-corrected chi connectivity index (χ4v) is 5.11. The van der Waals surface area contributed by atoms with Gasteiger partial charge in [-0.2, -0.15) is 0 Å². The molecule has 0 spiro atoms. The molecule has 0 nitrogen and oxygen atoms in total. The lowest BCUT2D eigenvalue weighted by atomic mass is 9.68. The van der Waals surface area contributed by atoms with E-state index in [2.05, 4.69) is 30.3 Å². The van der Waals surface area contributed by atoms with E-state index in [0.29, 0.717) is 0 Å². The van der Waals surface area contributed by atoms with Crippen LogP contribution in [0.4, 0.5) is 0 Å². The van der Waals surface area contributed by atoms with Crippen molar-refractivity contribution in [2.24, 2.45) is 11.8 Å². The Morgan fingerprint density at radius 1 is 0.545 bits per heavy atom. The molecular formula is C22H34. The molecule has 2 aliphatic carbocycles. The van der Waals surface area contributed by atoms with Gasteiger partial charge in [0.1, 0.15) is 0 Å². The summed E-state index contributed by atoms with van der Waals surface area (Å²) in [5.74, 6) is 2.80. The van der Waals surface area contributed by atoms with Crippen molar-refractivity contribution in [1.82, 2.24) is 0 Å². The van der Waals surface area contributed by atoms with Crippen LogP contribution in [0.15, 0.2) is 30.3 Å². The lowest BCUT2D eigenvalue weighted by Crippen LogP contribution is -2.24. The first-order valence-corrected chi connectivity index (χ1v) is 10.00. The summed E-state index contributed by atoms with van der Waals surface area (Å²) in [5, 5.41) is 0.